The summed E-state index contributed by atoms with van der Waals surface area (Å²) in [6.45, 7) is 0.348. The minimum absolute atomic E-state index is 0.242. The average molecular weight is 410 g/mol. The SMILES string of the molecule is FC(F)(F)c1nnc(N2CCc3[nH]cnc3C2c2cc3c(Cl)cccn3n2)o1. The molecule has 1 N–H and O–H groups in total. The molecule has 0 radical (unpaired) electrons. The fraction of sp³-hybridized carbons (Fsp3) is 0.250. The van der Waals surface area contributed by atoms with Crippen molar-refractivity contribution in [2.45, 2.75) is 18.6 Å². The highest BCUT2D eigenvalue weighted by molar-refractivity contribution is 6.33. The van der Waals surface area contributed by atoms with E-state index in [1.54, 1.807) is 40.1 Å². The second-order valence-electron chi connectivity index (χ2n) is 6.25. The van der Waals surface area contributed by atoms with E-state index >= 15 is 0 Å². The fourth-order valence-corrected chi connectivity index (χ4v) is 3.58. The van der Waals surface area contributed by atoms with Gasteiger partial charge in [0.25, 0.3) is 0 Å². The Balaban J connectivity index is 1.64. The predicted molar refractivity (Wildman–Crippen MR) is 91.0 cm³/mol. The van der Waals surface area contributed by atoms with Gasteiger partial charge in [-0.05, 0) is 18.2 Å². The molecule has 1 aliphatic rings. The molecular weight excluding hydrogens is 399 g/mol. The summed E-state index contributed by atoms with van der Waals surface area (Å²) >= 11 is 6.23. The number of hydrogen-bond acceptors (Lipinski definition) is 6. The lowest BCUT2D eigenvalue weighted by Crippen LogP contribution is -2.37. The molecule has 0 amide bonds. The maximum absolute atomic E-state index is 12.9. The molecule has 28 heavy (non-hydrogen) atoms. The van der Waals surface area contributed by atoms with Gasteiger partial charge in [-0.2, -0.15) is 18.3 Å². The first-order chi connectivity index (χ1) is 13.4. The highest BCUT2D eigenvalue weighted by atomic mass is 35.5. The van der Waals surface area contributed by atoms with E-state index in [1.807, 2.05) is 0 Å². The zero-order valence-electron chi connectivity index (χ0n) is 14.0. The van der Waals surface area contributed by atoms with E-state index in [-0.39, 0.29) is 6.01 Å². The third-order valence-electron chi connectivity index (χ3n) is 4.58. The Morgan fingerprint density at radius 1 is 1.29 bits per heavy atom. The lowest BCUT2D eigenvalue weighted by molar-refractivity contribution is -0.157. The summed E-state index contributed by atoms with van der Waals surface area (Å²) in [4.78, 5) is 8.98. The molecule has 0 saturated heterocycles. The number of aromatic nitrogens is 6. The standard InChI is InChI=1S/C16H11ClF3N7O/c17-8-2-1-4-27-11(8)6-10(25-27)13-12-9(21-7-22-12)3-5-26(13)15-24-23-14(28-15)16(18,19)20/h1-2,4,6-7,13H,3,5H2,(H,21,22). The lowest BCUT2D eigenvalue weighted by Gasteiger charge is -2.32. The average Bonchev–Trinajstić information content (AvgIpc) is 3.38. The highest BCUT2D eigenvalue weighted by Gasteiger charge is 2.41. The Labute approximate surface area is 159 Å². The molecule has 4 aromatic heterocycles. The van der Waals surface area contributed by atoms with Crippen LogP contribution >= 0.6 is 11.6 Å². The molecule has 0 saturated carbocycles. The summed E-state index contributed by atoms with van der Waals surface area (Å²) in [5.74, 6) is -1.40. The van der Waals surface area contributed by atoms with Crippen LogP contribution in [0.1, 0.15) is 29.0 Å². The molecule has 4 aromatic rings. The number of anilines is 1. The number of H-pyrrole nitrogens is 1. The van der Waals surface area contributed by atoms with Crippen molar-refractivity contribution in [1.82, 2.24) is 29.8 Å². The zero-order valence-corrected chi connectivity index (χ0v) is 14.7. The first-order valence-corrected chi connectivity index (χ1v) is 8.63. The number of alkyl halides is 3. The van der Waals surface area contributed by atoms with Crippen LogP contribution in [0.5, 0.6) is 0 Å². The van der Waals surface area contributed by atoms with Crippen molar-refractivity contribution < 1.29 is 17.6 Å². The van der Waals surface area contributed by atoms with E-state index in [0.717, 1.165) is 5.69 Å². The van der Waals surface area contributed by atoms with Gasteiger partial charge in [-0.3, -0.25) is 0 Å². The lowest BCUT2D eigenvalue weighted by atomic mass is 10.0. The topological polar surface area (TPSA) is 88.1 Å². The van der Waals surface area contributed by atoms with Crippen LogP contribution in [0.3, 0.4) is 0 Å². The molecule has 0 aliphatic carbocycles. The van der Waals surface area contributed by atoms with E-state index < -0.39 is 18.1 Å². The highest BCUT2D eigenvalue weighted by Crippen LogP contribution is 2.38. The molecule has 1 aliphatic heterocycles. The number of hydrogen-bond donors (Lipinski definition) is 1. The molecule has 0 fully saturated rings. The van der Waals surface area contributed by atoms with Crippen molar-refractivity contribution in [1.29, 1.82) is 0 Å². The summed E-state index contributed by atoms with van der Waals surface area (Å²) in [5, 5.41) is 11.8. The number of rotatable bonds is 2. The van der Waals surface area contributed by atoms with Crippen molar-refractivity contribution in [2.75, 3.05) is 11.4 Å². The minimum Gasteiger partial charge on any atom is -0.399 e. The van der Waals surface area contributed by atoms with E-state index in [2.05, 4.69) is 25.3 Å². The molecule has 5 rings (SSSR count). The maximum atomic E-state index is 12.9. The van der Waals surface area contributed by atoms with E-state index in [4.69, 9.17) is 16.0 Å². The molecule has 1 atom stereocenters. The molecule has 1 unspecified atom stereocenters. The molecule has 0 spiro atoms. The maximum Gasteiger partial charge on any atom is 0.470 e. The number of pyridine rings is 1. The monoisotopic (exact) mass is 409 g/mol. The van der Waals surface area contributed by atoms with Gasteiger partial charge < -0.3 is 14.3 Å². The van der Waals surface area contributed by atoms with Crippen molar-refractivity contribution in [2.24, 2.45) is 0 Å². The third-order valence-corrected chi connectivity index (χ3v) is 4.90. The van der Waals surface area contributed by atoms with Crippen LogP contribution in [-0.2, 0) is 12.6 Å². The van der Waals surface area contributed by atoms with Gasteiger partial charge in [0.2, 0.25) is 0 Å². The van der Waals surface area contributed by atoms with E-state index in [9.17, 15) is 13.2 Å². The second kappa shape index (κ2) is 5.96. The summed E-state index contributed by atoms with van der Waals surface area (Å²) in [7, 11) is 0. The molecule has 12 heteroatoms. The van der Waals surface area contributed by atoms with Gasteiger partial charge in [0, 0.05) is 24.9 Å². The van der Waals surface area contributed by atoms with Crippen LogP contribution < -0.4 is 4.90 Å². The largest absolute Gasteiger partial charge is 0.470 e. The van der Waals surface area contributed by atoms with E-state index in [0.29, 0.717) is 34.9 Å². The van der Waals surface area contributed by atoms with Crippen molar-refractivity contribution >= 4 is 23.1 Å². The van der Waals surface area contributed by atoms with Crippen LogP contribution in [0.25, 0.3) is 5.52 Å². The number of halogens is 4. The Kier molecular flexibility index (Phi) is 3.63. The Morgan fingerprint density at radius 3 is 2.89 bits per heavy atom. The Hall–Kier alpha value is -3.08. The minimum atomic E-state index is -4.72. The van der Waals surface area contributed by atoms with Crippen molar-refractivity contribution in [3.05, 3.63) is 58.7 Å². The van der Waals surface area contributed by atoms with Gasteiger partial charge in [-0.15, -0.1) is 5.10 Å². The number of nitrogens with one attached hydrogen (secondary N) is 1. The van der Waals surface area contributed by atoms with Crippen LogP contribution in [0.2, 0.25) is 5.02 Å². The van der Waals surface area contributed by atoms with Crippen molar-refractivity contribution in [3.8, 4) is 0 Å². The van der Waals surface area contributed by atoms with E-state index in [1.165, 1.54) is 0 Å². The Bertz CT molecular complexity index is 1160. The molecule has 8 nitrogen and oxygen atoms in total. The van der Waals surface area contributed by atoms with Crippen LogP contribution in [-0.4, -0.2) is 36.3 Å². The smallest absolute Gasteiger partial charge is 0.399 e. The van der Waals surface area contributed by atoms with Crippen LogP contribution in [0.4, 0.5) is 19.2 Å². The number of nitrogens with zero attached hydrogens (tertiary/aromatic N) is 6. The van der Waals surface area contributed by atoms with Crippen LogP contribution in [0.15, 0.2) is 35.1 Å². The summed E-state index contributed by atoms with van der Waals surface area (Å²) in [6, 6.07) is 4.40. The van der Waals surface area contributed by atoms with Gasteiger partial charge in [0.05, 0.1) is 28.3 Å². The molecule has 0 bridgehead atoms. The number of aromatic amines is 1. The fourth-order valence-electron chi connectivity index (χ4n) is 3.36. The van der Waals surface area contributed by atoms with Gasteiger partial charge in [0.1, 0.15) is 6.04 Å². The number of imidazole rings is 1. The first-order valence-electron chi connectivity index (χ1n) is 8.25. The normalized spacial score (nSPS) is 17.3. The predicted octanol–water partition coefficient (Wildman–Crippen LogP) is 3.26. The third kappa shape index (κ3) is 2.61. The molecule has 0 aromatic carbocycles. The van der Waals surface area contributed by atoms with Gasteiger partial charge in [-0.1, -0.05) is 16.7 Å². The summed E-state index contributed by atoms with van der Waals surface area (Å²) < 4.78 is 45.2. The molecule has 144 valence electrons. The van der Waals surface area contributed by atoms with Crippen LogP contribution in [0, 0.1) is 0 Å². The summed E-state index contributed by atoms with van der Waals surface area (Å²) in [5.41, 5.74) is 2.73. The first kappa shape index (κ1) is 17.0. The van der Waals surface area contributed by atoms with Gasteiger partial charge in [-0.25, -0.2) is 9.50 Å². The zero-order chi connectivity index (χ0) is 19.5. The summed E-state index contributed by atoms with van der Waals surface area (Å²) in [6.07, 6.45) is -0.912. The van der Waals surface area contributed by atoms with Gasteiger partial charge in [0.15, 0.2) is 0 Å². The Morgan fingerprint density at radius 2 is 2.14 bits per heavy atom. The second-order valence-corrected chi connectivity index (χ2v) is 6.66. The van der Waals surface area contributed by atoms with Gasteiger partial charge >= 0.3 is 18.1 Å². The molecule has 5 heterocycles. The quantitative estimate of drug-likeness (QED) is 0.546. The molecular formula is C16H11ClF3N7O. The number of fused-ring (bicyclic) bond motifs is 2. The van der Waals surface area contributed by atoms with Crippen molar-refractivity contribution in [3.63, 3.8) is 0 Å².